The first kappa shape index (κ1) is 10.4. The highest BCUT2D eigenvalue weighted by molar-refractivity contribution is 6.28. The molecule has 1 fully saturated rings. The number of halogens is 1. The molecule has 0 saturated heterocycles. The topological polar surface area (TPSA) is 53.9 Å². The van der Waals surface area contributed by atoms with E-state index >= 15 is 0 Å². The van der Waals surface area contributed by atoms with Gasteiger partial charge in [-0.25, -0.2) is 0 Å². The molecule has 5 nitrogen and oxygen atoms in total. The Hall–Kier alpha value is -1.10. The molecule has 0 aliphatic heterocycles. The predicted molar refractivity (Wildman–Crippen MR) is 60.4 cm³/mol. The maximum absolute atomic E-state index is 5.83. The molecule has 1 aromatic rings. The number of hydrogen-bond donors (Lipinski definition) is 1. The molecule has 1 aliphatic rings. The van der Waals surface area contributed by atoms with Gasteiger partial charge in [0.15, 0.2) is 0 Å². The Morgan fingerprint density at radius 3 is 2.67 bits per heavy atom. The molecule has 2 rings (SSSR count). The summed E-state index contributed by atoms with van der Waals surface area (Å²) in [5.41, 5.74) is 0. The largest absolute Gasteiger partial charge is 0.357 e. The van der Waals surface area contributed by atoms with Crippen LogP contribution in [-0.2, 0) is 0 Å². The fourth-order valence-corrected chi connectivity index (χ4v) is 1.68. The molecule has 1 aromatic heterocycles. The predicted octanol–water partition coefficient (Wildman–Crippen LogP) is 1.56. The normalized spacial score (nSPS) is 15.1. The SMILES string of the molecule is CCN(c1nc(Cl)nc(NC)n1)C1CC1. The lowest BCUT2D eigenvalue weighted by Crippen LogP contribution is -2.27. The van der Waals surface area contributed by atoms with Gasteiger partial charge in [-0.15, -0.1) is 0 Å². The summed E-state index contributed by atoms with van der Waals surface area (Å²) in [5.74, 6) is 1.19. The molecule has 0 atom stereocenters. The van der Waals surface area contributed by atoms with Gasteiger partial charge in [-0.3, -0.25) is 0 Å². The van der Waals surface area contributed by atoms with E-state index in [-0.39, 0.29) is 5.28 Å². The maximum Gasteiger partial charge on any atom is 0.231 e. The van der Waals surface area contributed by atoms with E-state index in [0.717, 1.165) is 6.54 Å². The van der Waals surface area contributed by atoms with Gasteiger partial charge >= 0.3 is 0 Å². The number of nitrogens with one attached hydrogen (secondary N) is 1. The van der Waals surface area contributed by atoms with Crippen LogP contribution in [0.4, 0.5) is 11.9 Å². The van der Waals surface area contributed by atoms with Gasteiger partial charge in [-0.05, 0) is 31.4 Å². The van der Waals surface area contributed by atoms with Crippen molar-refractivity contribution in [3.05, 3.63) is 5.28 Å². The van der Waals surface area contributed by atoms with Crippen molar-refractivity contribution in [2.24, 2.45) is 0 Å². The van der Waals surface area contributed by atoms with Crippen LogP contribution in [-0.4, -0.2) is 34.6 Å². The average molecular weight is 228 g/mol. The number of rotatable bonds is 4. The van der Waals surface area contributed by atoms with Crippen LogP contribution in [0.1, 0.15) is 19.8 Å². The van der Waals surface area contributed by atoms with E-state index in [1.165, 1.54) is 12.8 Å². The molecular weight excluding hydrogens is 214 g/mol. The van der Waals surface area contributed by atoms with Crippen molar-refractivity contribution in [2.45, 2.75) is 25.8 Å². The summed E-state index contributed by atoms with van der Waals surface area (Å²) in [7, 11) is 1.77. The third kappa shape index (κ3) is 2.28. The monoisotopic (exact) mass is 227 g/mol. The second-order valence-electron chi connectivity index (χ2n) is 3.50. The van der Waals surface area contributed by atoms with E-state index in [1.54, 1.807) is 7.05 Å². The van der Waals surface area contributed by atoms with E-state index in [2.05, 4.69) is 32.1 Å². The highest BCUT2D eigenvalue weighted by Gasteiger charge is 2.30. The molecule has 0 spiro atoms. The van der Waals surface area contributed by atoms with Crippen LogP contribution in [0.2, 0.25) is 5.28 Å². The Bertz CT molecular complexity index is 352. The lowest BCUT2D eigenvalue weighted by molar-refractivity contribution is 0.780. The van der Waals surface area contributed by atoms with Crippen LogP contribution in [0.3, 0.4) is 0 Å². The maximum atomic E-state index is 5.83. The molecule has 6 heteroatoms. The first-order chi connectivity index (χ1) is 7.24. The van der Waals surface area contributed by atoms with Gasteiger partial charge in [0.2, 0.25) is 17.2 Å². The highest BCUT2D eigenvalue weighted by atomic mass is 35.5. The van der Waals surface area contributed by atoms with Crippen LogP contribution < -0.4 is 10.2 Å². The van der Waals surface area contributed by atoms with Crippen molar-refractivity contribution in [3.63, 3.8) is 0 Å². The number of aromatic nitrogens is 3. The fourth-order valence-electron chi connectivity index (χ4n) is 1.53. The van der Waals surface area contributed by atoms with Gasteiger partial charge in [-0.2, -0.15) is 15.0 Å². The Kier molecular flexibility index (Phi) is 2.90. The summed E-state index contributed by atoms with van der Waals surface area (Å²) in [5, 5.41) is 3.11. The van der Waals surface area contributed by atoms with E-state index in [0.29, 0.717) is 17.9 Å². The molecule has 1 N–H and O–H groups in total. The summed E-state index contributed by atoms with van der Waals surface area (Å²) in [6.07, 6.45) is 2.43. The van der Waals surface area contributed by atoms with Crippen molar-refractivity contribution in [1.82, 2.24) is 15.0 Å². The number of hydrogen-bond acceptors (Lipinski definition) is 5. The molecule has 0 bridgehead atoms. The van der Waals surface area contributed by atoms with E-state index in [4.69, 9.17) is 11.6 Å². The molecule has 1 saturated carbocycles. The highest BCUT2D eigenvalue weighted by Crippen LogP contribution is 2.29. The van der Waals surface area contributed by atoms with Crippen LogP contribution in [0.25, 0.3) is 0 Å². The Morgan fingerprint density at radius 2 is 2.13 bits per heavy atom. The standard InChI is InChI=1S/C9H14ClN5/c1-3-15(6-4-5-6)9-13-7(10)12-8(11-2)14-9/h6H,3-5H2,1-2H3,(H,11,12,13,14). The average Bonchev–Trinajstić information content (AvgIpc) is 3.02. The lowest BCUT2D eigenvalue weighted by Gasteiger charge is -2.20. The van der Waals surface area contributed by atoms with E-state index in [9.17, 15) is 0 Å². The van der Waals surface area contributed by atoms with E-state index in [1.807, 2.05) is 0 Å². The zero-order chi connectivity index (χ0) is 10.8. The second-order valence-corrected chi connectivity index (χ2v) is 3.83. The summed E-state index contributed by atoms with van der Waals surface area (Å²) < 4.78 is 0. The summed E-state index contributed by atoms with van der Waals surface area (Å²) in [4.78, 5) is 14.6. The van der Waals surface area contributed by atoms with Crippen LogP contribution in [0.15, 0.2) is 0 Å². The first-order valence-corrected chi connectivity index (χ1v) is 5.48. The third-order valence-electron chi connectivity index (χ3n) is 2.41. The molecular formula is C9H14ClN5. The Labute approximate surface area is 93.9 Å². The van der Waals surface area contributed by atoms with Crippen molar-refractivity contribution in [1.29, 1.82) is 0 Å². The van der Waals surface area contributed by atoms with Gasteiger partial charge < -0.3 is 10.2 Å². The molecule has 0 amide bonds. The minimum Gasteiger partial charge on any atom is -0.357 e. The molecule has 0 radical (unpaired) electrons. The summed E-state index contributed by atoms with van der Waals surface area (Å²) in [6, 6.07) is 0.582. The zero-order valence-corrected chi connectivity index (χ0v) is 9.62. The molecule has 1 heterocycles. The third-order valence-corrected chi connectivity index (χ3v) is 2.57. The van der Waals surface area contributed by atoms with E-state index < -0.39 is 0 Å². The van der Waals surface area contributed by atoms with Crippen molar-refractivity contribution in [2.75, 3.05) is 23.8 Å². The van der Waals surface area contributed by atoms with Gasteiger partial charge in [-0.1, -0.05) is 0 Å². The van der Waals surface area contributed by atoms with Crippen molar-refractivity contribution in [3.8, 4) is 0 Å². The van der Waals surface area contributed by atoms with Crippen molar-refractivity contribution >= 4 is 23.5 Å². The minimum atomic E-state index is 0.239. The second kappa shape index (κ2) is 4.18. The van der Waals surface area contributed by atoms with Gasteiger partial charge in [0.05, 0.1) is 0 Å². The van der Waals surface area contributed by atoms with Crippen LogP contribution >= 0.6 is 11.6 Å². The molecule has 0 aromatic carbocycles. The molecule has 82 valence electrons. The van der Waals surface area contributed by atoms with Crippen LogP contribution in [0, 0.1) is 0 Å². The molecule has 1 aliphatic carbocycles. The summed E-state index contributed by atoms with van der Waals surface area (Å²) in [6.45, 7) is 2.99. The molecule has 15 heavy (non-hydrogen) atoms. The Morgan fingerprint density at radius 1 is 1.40 bits per heavy atom. The smallest absolute Gasteiger partial charge is 0.231 e. The first-order valence-electron chi connectivity index (χ1n) is 5.10. The lowest BCUT2D eigenvalue weighted by atomic mass is 10.5. The number of nitrogens with zero attached hydrogens (tertiary/aromatic N) is 4. The zero-order valence-electron chi connectivity index (χ0n) is 8.87. The fraction of sp³-hybridized carbons (Fsp3) is 0.667. The van der Waals surface area contributed by atoms with Crippen LogP contribution in [0.5, 0.6) is 0 Å². The summed E-state index contributed by atoms with van der Waals surface area (Å²) >= 11 is 5.83. The van der Waals surface area contributed by atoms with Gasteiger partial charge in [0, 0.05) is 19.6 Å². The molecule has 0 unspecified atom stereocenters. The quantitative estimate of drug-likeness (QED) is 0.846. The Balaban J connectivity index is 2.28. The number of anilines is 2. The van der Waals surface area contributed by atoms with Gasteiger partial charge in [0.25, 0.3) is 0 Å². The minimum absolute atomic E-state index is 0.239. The van der Waals surface area contributed by atoms with Gasteiger partial charge in [0.1, 0.15) is 0 Å². The van der Waals surface area contributed by atoms with Crippen molar-refractivity contribution < 1.29 is 0 Å².